The Balaban J connectivity index is 1.46. The van der Waals surface area contributed by atoms with Gasteiger partial charge >= 0.3 is 0 Å². The van der Waals surface area contributed by atoms with Crippen LogP contribution in [0.4, 0.5) is 5.69 Å². The van der Waals surface area contributed by atoms with Crippen LogP contribution in [0.25, 0.3) is 0 Å². The number of amides is 2. The molecular formula is C19H19N5O3S. The maximum Gasteiger partial charge on any atom is 0.286 e. The highest BCUT2D eigenvalue weighted by molar-refractivity contribution is 7.13. The first-order valence-corrected chi connectivity index (χ1v) is 9.40. The Morgan fingerprint density at radius 1 is 1.11 bits per heavy atom. The molecule has 3 rings (SSSR count). The van der Waals surface area contributed by atoms with Crippen LogP contribution >= 0.6 is 11.3 Å². The molecule has 1 aromatic carbocycles. The third kappa shape index (κ3) is 5.58. The van der Waals surface area contributed by atoms with Gasteiger partial charge in [0.2, 0.25) is 10.9 Å². The van der Waals surface area contributed by atoms with Crippen LogP contribution in [-0.4, -0.2) is 34.1 Å². The molecule has 0 spiro atoms. The van der Waals surface area contributed by atoms with Gasteiger partial charge in [-0.3, -0.25) is 14.6 Å². The number of aromatic nitrogens is 3. The fourth-order valence-corrected chi connectivity index (χ4v) is 3.04. The van der Waals surface area contributed by atoms with Crippen molar-refractivity contribution in [2.75, 3.05) is 12.4 Å². The maximum absolute atomic E-state index is 12.3. The number of methoxy groups -OCH3 is 1. The number of carbonyl (C=O) groups excluding carboxylic acids is 2. The van der Waals surface area contributed by atoms with Crippen molar-refractivity contribution < 1.29 is 14.3 Å². The summed E-state index contributed by atoms with van der Waals surface area (Å²) < 4.78 is 5.08. The zero-order valence-electron chi connectivity index (χ0n) is 15.2. The molecule has 3 aromatic rings. The SMILES string of the molecule is COc1ccc(NC(=O)c2nnc(CCC(=O)NCc3ccccn3)s2)cc1. The zero-order chi connectivity index (χ0) is 19.8. The Morgan fingerprint density at radius 2 is 1.93 bits per heavy atom. The summed E-state index contributed by atoms with van der Waals surface area (Å²) in [6.07, 6.45) is 2.37. The van der Waals surface area contributed by atoms with E-state index in [1.807, 2.05) is 18.2 Å². The lowest BCUT2D eigenvalue weighted by atomic mass is 10.3. The molecule has 9 heteroatoms. The number of rotatable bonds is 8. The van der Waals surface area contributed by atoms with Crippen molar-refractivity contribution in [1.29, 1.82) is 0 Å². The fourth-order valence-electron chi connectivity index (χ4n) is 2.31. The van der Waals surface area contributed by atoms with Gasteiger partial charge in [-0.25, -0.2) is 0 Å². The Morgan fingerprint density at radius 3 is 2.64 bits per heavy atom. The van der Waals surface area contributed by atoms with E-state index in [0.717, 1.165) is 5.69 Å². The van der Waals surface area contributed by atoms with Gasteiger partial charge < -0.3 is 15.4 Å². The van der Waals surface area contributed by atoms with Crippen LogP contribution in [0.1, 0.15) is 26.9 Å². The van der Waals surface area contributed by atoms with E-state index in [-0.39, 0.29) is 23.2 Å². The van der Waals surface area contributed by atoms with Crippen LogP contribution in [0.3, 0.4) is 0 Å². The second kappa shape index (κ2) is 9.56. The molecule has 0 saturated heterocycles. The summed E-state index contributed by atoms with van der Waals surface area (Å²) in [5, 5.41) is 14.3. The van der Waals surface area contributed by atoms with Gasteiger partial charge in [-0.2, -0.15) is 0 Å². The molecule has 28 heavy (non-hydrogen) atoms. The van der Waals surface area contributed by atoms with Crippen molar-refractivity contribution in [1.82, 2.24) is 20.5 Å². The largest absolute Gasteiger partial charge is 0.497 e. The predicted molar refractivity (Wildman–Crippen MR) is 105 cm³/mol. The predicted octanol–water partition coefficient (Wildman–Crippen LogP) is 2.44. The number of nitrogens with one attached hydrogen (secondary N) is 2. The molecule has 0 saturated carbocycles. The van der Waals surface area contributed by atoms with Crippen LogP contribution in [-0.2, 0) is 17.8 Å². The first-order chi connectivity index (χ1) is 13.6. The lowest BCUT2D eigenvalue weighted by Crippen LogP contribution is -2.23. The van der Waals surface area contributed by atoms with E-state index in [1.54, 1.807) is 37.6 Å². The minimum Gasteiger partial charge on any atom is -0.497 e. The zero-order valence-corrected chi connectivity index (χ0v) is 16.0. The lowest BCUT2D eigenvalue weighted by Gasteiger charge is -2.04. The van der Waals surface area contributed by atoms with Crippen LogP contribution in [0.5, 0.6) is 5.75 Å². The number of nitrogens with zero attached hydrogens (tertiary/aromatic N) is 3. The molecule has 8 nitrogen and oxygen atoms in total. The molecule has 2 N–H and O–H groups in total. The topological polar surface area (TPSA) is 106 Å². The number of anilines is 1. The number of carbonyl (C=O) groups is 2. The number of hydrogen-bond acceptors (Lipinski definition) is 7. The van der Waals surface area contributed by atoms with Gasteiger partial charge in [-0.15, -0.1) is 10.2 Å². The highest BCUT2D eigenvalue weighted by Crippen LogP contribution is 2.17. The van der Waals surface area contributed by atoms with Crippen molar-refractivity contribution in [2.45, 2.75) is 19.4 Å². The van der Waals surface area contributed by atoms with Gasteiger partial charge in [-0.1, -0.05) is 17.4 Å². The molecule has 2 heterocycles. The van der Waals surface area contributed by atoms with Gasteiger partial charge in [0.05, 0.1) is 19.3 Å². The third-order valence-electron chi connectivity index (χ3n) is 3.77. The van der Waals surface area contributed by atoms with E-state index in [0.29, 0.717) is 29.4 Å². The highest BCUT2D eigenvalue weighted by atomic mass is 32.1. The van der Waals surface area contributed by atoms with Crippen molar-refractivity contribution >= 4 is 28.8 Å². The molecule has 0 aliphatic rings. The molecule has 0 bridgehead atoms. The first kappa shape index (κ1) is 19.4. The number of ether oxygens (including phenoxy) is 1. The summed E-state index contributed by atoms with van der Waals surface area (Å²) in [5.41, 5.74) is 1.43. The molecule has 0 aliphatic heterocycles. The van der Waals surface area contributed by atoms with E-state index in [4.69, 9.17) is 4.74 Å². The molecule has 144 valence electrons. The van der Waals surface area contributed by atoms with Gasteiger partial charge in [-0.05, 0) is 36.4 Å². The summed E-state index contributed by atoms with van der Waals surface area (Å²) in [6.45, 7) is 0.380. The van der Waals surface area contributed by atoms with E-state index in [1.165, 1.54) is 11.3 Å². The monoisotopic (exact) mass is 397 g/mol. The van der Waals surface area contributed by atoms with E-state index in [2.05, 4.69) is 25.8 Å². The smallest absolute Gasteiger partial charge is 0.286 e. The molecule has 0 aliphatic carbocycles. The van der Waals surface area contributed by atoms with Gasteiger partial charge in [0, 0.05) is 24.7 Å². The van der Waals surface area contributed by atoms with Crippen molar-refractivity contribution in [3.63, 3.8) is 0 Å². The van der Waals surface area contributed by atoms with E-state index < -0.39 is 0 Å². The Kier molecular flexibility index (Phi) is 6.64. The van der Waals surface area contributed by atoms with Crippen LogP contribution in [0.2, 0.25) is 0 Å². The second-order valence-corrected chi connectivity index (χ2v) is 6.84. The normalized spacial score (nSPS) is 10.3. The summed E-state index contributed by atoms with van der Waals surface area (Å²) in [5.74, 6) is 0.260. The molecule has 0 fully saturated rings. The Hall–Kier alpha value is -3.33. The van der Waals surface area contributed by atoms with E-state index in [9.17, 15) is 9.59 Å². The van der Waals surface area contributed by atoms with Gasteiger partial charge in [0.25, 0.3) is 5.91 Å². The Labute approximate surface area is 166 Å². The standard InChI is InChI=1S/C19H19N5O3S/c1-27-15-7-5-13(6-8-15)22-18(26)19-24-23-17(28-19)10-9-16(25)21-12-14-4-2-3-11-20-14/h2-8,11H,9-10,12H2,1H3,(H,21,25)(H,22,26). The molecule has 0 unspecified atom stereocenters. The quantitative estimate of drug-likeness (QED) is 0.605. The molecule has 2 aromatic heterocycles. The van der Waals surface area contributed by atoms with Gasteiger partial charge in [0.15, 0.2) is 0 Å². The highest BCUT2D eigenvalue weighted by Gasteiger charge is 2.14. The third-order valence-corrected chi connectivity index (χ3v) is 4.75. The fraction of sp³-hybridized carbons (Fsp3) is 0.211. The summed E-state index contributed by atoms with van der Waals surface area (Å²) in [6, 6.07) is 12.5. The minimum absolute atomic E-state index is 0.106. The Bertz CT molecular complexity index is 928. The molecule has 0 radical (unpaired) electrons. The van der Waals surface area contributed by atoms with Crippen LogP contribution < -0.4 is 15.4 Å². The van der Waals surface area contributed by atoms with E-state index >= 15 is 0 Å². The van der Waals surface area contributed by atoms with Crippen LogP contribution in [0.15, 0.2) is 48.7 Å². The molecular weight excluding hydrogens is 378 g/mol. The molecule has 0 atom stereocenters. The number of aryl methyl sites for hydroxylation is 1. The lowest BCUT2D eigenvalue weighted by molar-refractivity contribution is -0.121. The second-order valence-electron chi connectivity index (χ2n) is 5.78. The number of pyridine rings is 1. The number of hydrogen-bond donors (Lipinski definition) is 2. The average molecular weight is 397 g/mol. The van der Waals surface area contributed by atoms with Crippen molar-refractivity contribution in [3.8, 4) is 5.75 Å². The molecule has 2 amide bonds. The number of benzene rings is 1. The summed E-state index contributed by atoms with van der Waals surface area (Å²) >= 11 is 1.17. The van der Waals surface area contributed by atoms with Crippen molar-refractivity contribution in [3.05, 3.63) is 64.4 Å². The summed E-state index contributed by atoms with van der Waals surface area (Å²) in [4.78, 5) is 28.4. The first-order valence-electron chi connectivity index (χ1n) is 8.58. The average Bonchev–Trinajstić information content (AvgIpc) is 3.21. The summed E-state index contributed by atoms with van der Waals surface area (Å²) in [7, 11) is 1.58. The maximum atomic E-state index is 12.3. The minimum atomic E-state index is -0.339. The van der Waals surface area contributed by atoms with Crippen LogP contribution in [0, 0.1) is 0 Å². The van der Waals surface area contributed by atoms with Gasteiger partial charge in [0.1, 0.15) is 10.8 Å². The van der Waals surface area contributed by atoms with Crippen molar-refractivity contribution in [2.24, 2.45) is 0 Å².